The number of benzene rings is 3. The minimum Gasteiger partial charge on any atom is -0.340 e. The van der Waals surface area contributed by atoms with E-state index in [2.05, 4.69) is 22.2 Å². The fourth-order valence-electron chi connectivity index (χ4n) is 5.05. The van der Waals surface area contributed by atoms with Gasteiger partial charge in [-0.2, -0.15) is 0 Å². The van der Waals surface area contributed by atoms with Crippen molar-refractivity contribution < 1.29 is 9.18 Å². The third kappa shape index (κ3) is 6.14. The predicted molar refractivity (Wildman–Crippen MR) is 162 cm³/mol. The summed E-state index contributed by atoms with van der Waals surface area (Å²) in [4.78, 5) is 31.0. The standard InChI is InChI=1S/C31H28ClFN6O.CH4/c1-38-12-14-39(15-13-38)28(40)16-20-6-9-23(10-7-20)36-31-35-19-21-18-34-30(25-4-2-3-5-27(25)33)26-17-22(32)8-11-24(26)29(21)37-31;/h2-11,17,19H,12-16,18H2,1H3,(H,35,36,37);1H4. The summed E-state index contributed by atoms with van der Waals surface area (Å²) in [6.45, 7) is 3.66. The number of amides is 1. The molecule has 41 heavy (non-hydrogen) atoms. The Hall–Kier alpha value is -4.14. The molecule has 1 amide bonds. The Morgan fingerprint density at radius 3 is 2.49 bits per heavy atom. The number of carbonyl (C=O) groups excluding carboxylic acids is 1. The maximum absolute atomic E-state index is 14.8. The molecule has 1 N–H and O–H groups in total. The molecule has 0 saturated carbocycles. The molecule has 1 fully saturated rings. The van der Waals surface area contributed by atoms with Gasteiger partial charge < -0.3 is 15.1 Å². The van der Waals surface area contributed by atoms with E-state index in [0.29, 0.717) is 40.9 Å². The summed E-state index contributed by atoms with van der Waals surface area (Å²) in [5.41, 5.74) is 5.79. The van der Waals surface area contributed by atoms with Gasteiger partial charge in [0.25, 0.3) is 0 Å². The van der Waals surface area contributed by atoms with E-state index >= 15 is 0 Å². The van der Waals surface area contributed by atoms with Crippen LogP contribution in [0.2, 0.25) is 5.02 Å². The summed E-state index contributed by atoms with van der Waals surface area (Å²) >= 11 is 6.36. The molecule has 9 heteroatoms. The van der Waals surface area contributed by atoms with Crippen molar-refractivity contribution >= 4 is 34.9 Å². The van der Waals surface area contributed by atoms with Gasteiger partial charge in [0, 0.05) is 65.3 Å². The van der Waals surface area contributed by atoms with Crippen LogP contribution in [0.15, 0.2) is 77.9 Å². The molecule has 3 heterocycles. The number of aliphatic imine (C=N–C) groups is 1. The summed E-state index contributed by atoms with van der Waals surface area (Å²) < 4.78 is 14.8. The molecule has 1 aromatic heterocycles. The SMILES string of the molecule is C.CN1CCN(C(=O)Cc2ccc(Nc3ncc4c(n3)-c3ccc(Cl)cc3C(c3ccccc3F)=NC4)cc2)CC1. The molecule has 0 atom stereocenters. The maximum atomic E-state index is 14.8. The molecule has 0 unspecified atom stereocenters. The van der Waals surface area contributed by atoms with Crippen molar-refractivity contribution in [2.75, 3.05) is 38.5 Å². The van der Waals surface area contributed by atoms with Crippen LogP contribution in [0.1, 0.15) is 29.7 Å². The van der Waals surface area contributed by atoms with Gasteiger partial charge in [-0.1, -0.05) is 49.4 Å². The van der Waals surface area contributed by atoms with Gasteiger partial charge in [-0.25, -0.2) is 14.4 Å². The second kappa shape index (κ2) is 12.2. The van der Waals surface area contributed by atoms with Crippen molar-refractivity contribution in [1.29, 1.82) is 0 Å². The maximum Gasteiger partial charge on any atom is 0.227 e. The van der Waals surface area contributed by atoms with Crippen LogP contribution < -0.4 is 5.32 Å². The van der Waals surface area contributed by atoms with Crippen LogP contribution >= 0.6 is 11.6 Å². The van der Waals surface area contributed by atoms with Crippen LogP contribution in [0.5, 0.6) is 0 Å². The number of hydrogen-bond acceptors (Lipinski definition) is 6. The van der Waals surface area contributed by atoms with Crippen molar-refractivity contribution in [3.05, 3.63) is 106 Å². The number of carbonyl (C=O) groups is 1. The first-order valence-corrected chi connectivity index (χ1v) is 13.6. The molecule has 0 aliphatic carbocycles. The lowest BCUT2D eigenvalue weighted by Gasteiger charge is -2.32. The number of likely N-dealkylation sites (N-methyl/N-ethyl adjacent to an activating group) is 1. The van der Waals surface area contributed by atoms with Gasteiger partial charge >= 0.3 is 0 Å². The minimum atomic E-state index is -0.347. The minimum absolute atomic E-state index is 0. The summed E-state index contributed by atoms with van der Waals surface area (Å²) in [5, 5.41) is 3.80. The molecular formula is C32H32ClFN6O. The molecule has 6 rings (SSSR count). The molecule has 2 aliphatic rings. The van der Waals surface area contributed by atoms with Crippen LogP contribution in [-0.4, -0.2) is 64.6 Å². The highest BCUT2D eigenvalue weighted by atomic mass is 35.5. The molecule has 1 saturated heterocycles. The van der Waals surface area contributed by atoms with Gasteiger partial charge in [0.2, 0.25) is 11.9 Å². The second-order valence-corrected chi connectivity index (χ2v) is 10.5. The number of nitrogens with zero attached hydrogens (tertiary/aromatic N) is 5. The molecule has 7 nitrogen and oxygen atoms in total. The number of halogens is 2. The van der Waals surface area contributed by atoms with E-state index < -0.39 is 0 Å². The molecule has 4 aromatic rings. The van der Waals surface area contributed by atoms with Crippen LogP contribution in [0.3, 0.4) is 0 Å². The first-order chi connectivity index (χ1) is 19.4. The fraction of sp³-hybridized carbons (Fsp3) is 0.250. The average Bonchev–Trinajstić information content (AvgIpc) is 3.11. The van der Waals surface area contributed by atoms with Crippen molar-refractivity contribution in [3.63, 3.8) is 0 Å². The Morgan fingerprint density at radius 1 is 0.976 bits per heavy atom. The average molecular weight is 571 g/mol. The van der Waals surface area contributed by atoms with Crippen molar-refractivity contribution in [2.45, 2.75) is 20.4 Å². The summed E-state index contributed by atoms with van der Waals surface area (Å²) in [6.07, 6.45) is 2.13. The van der Waals surface area contributed by atoms with E-state index in [1.165, 1.54) is 6.07 Å². The smallest absolute Gasteiger partial charge is 0.227 e. The highest BCUT2D eigenvalue weighted by Crippen LogP contribution is 2.34. The topological polar surface area (TPSA) is 73.7 Å². The van der Waals surface area contributed by atoms with Crippen LogP contribution in [0, 0.1) is 5.82 Å². The number of anilines is 2. The van der Waals surface area contributed by atoms with Crippen molar-refractivity contribution in [1.82, 2.24) is 19.8 Å². The van der Waals surface area contributed by atoms with Gasteiger partial charge in [-0.3, -0.25) is 9.79 Å². The molecule has 2 aliphatic heterocycles. The molecule has 0 bridgehead atoms. The third-order valence-corrected chi connectivity index (χ3v) is 7.55. The van der Waals surface area contributed by atoms with E-state index in [-0.39, 0.29) is 19.2 Å². The normalized spacial score (nSPS) is 14.7. The molecule has 0 spiro atoms. The Bertz CT molecular complexity index is 1600. The third-order valence-electron chi connectivity index (χ3n) is 7.31. The van der Waals surface area contributed by atoms with E-state index in [9.17, 15) is 9.18 Å². The first kappa shape index (κ1) is 28.4. The van der Waals surface area contributed by atoms with Crippen molar-refractivity contribution in [3.8, 4) is 11.3 Å². The van der Waals surface area contributed by atoms with E-state index in [4.69, 9.17) is 21.6 Å². The number of aromatic nitrogens is 2. The van der Waals surface area contributed by atoms with E-state index in [0.717, 1.165) is 54.1 Å². The molecule has 0 radical (unpaired) electrons. The lowest BCUT2D eigenvalue weighted by Crippen LogP contribution is -2.47. The Kier molecular flexibility index (Phi) is 8.42. The Labute approximate surface area is 244 Å². The van der Waals surface area contributed by atoms with Crippen LogP contribution in [-0.2, 0) is 17.8 Å². The second-order valence-electron chi connectivity index (χ2n) is 10.1. The number of piperazine rings is 1. The quantitative estimate of drug-likeness (QED) is 0.319. The zero-order valence-corrected chi connectivity index (χ0v) is 22.8. The molecule has 3 aromatic carbocycles. The number of hydrogen-bond donors (Lipinski definition) is 1. The lowest BCUT2D eigenvalue weighted by atomic mass is 9.95. The molecular weight excluding hydrogens is 539 g/mol. The van der Waals surface area contributed by atoms with E-state index in [1.54, 1.807) is 36.5 Å². The zero-order chi connectivity index (χ0) is 27.6. The van der Waals surface area contributed by atoms with Crippen LogP contribution in [0.4, 0.5) is 16.0 Å². The van der Waals surface area contributed by atoms with Crippen molar-refractivity contribution in [2.24, 2.45) is 4.99 Å². The highest BCUT2D eigenvalue weighted by Gasteiger charge is 2.23. The largest absolute Gasteiger partial charge is 0.340 e. The van der Waals surface area contributed by atoms with Gasteiger partial charge in [-0.05, 0) is 49.0 Å². The fourth-order valence-corrected chi connectivity index (χ4v) is 5.22. The number of nitrogens with one attached hydrogen (secondary N) is 1. The Morgan fingerprint density at radius 2 is 1.73 bits per heavy atom. The summed E-state index contributed by atoms with van der Waals surface area (Å²) in [7, 11) is 2.08. The molecule has 210 valence electrons. The summed E-state index contributed by atoms with van der Waals surface area (Å²) in [6, 6.07) is 19.8. The van der Waals surface area contributed by atoms with Gasteiger partial charge in [0.15, 0.2) is 0 Å². The predicted octanol–water partition coefficient (Wildman–Crippen LogP) is 5.98. The van der Waals surface area contributed by atoms with E-state index in [1.807, 2.05) is 35.2 Å². The summed E-state index contributed by atoms with van der Waals surface area (Å²) in [5.74, 6) is 0.231. The lowest BCUT2D eigenvalue weighted by molar-refractivity contribution is -0.132. The van der Waals surface area contributed by atoms with Gasteiger partial charge in [0.05, 0.1) is 24.4 Å². The Balaban J connectivity index is 0.00000337. The first-order valence-electron chi connectivity index (χ1n) is 13.2. The van der Waals surface area contributed by atoms with Gasteiger partial charge in [-0.15, -0.1) is 0 Å². The van der Waals surface area contributed by atoms with Crippen LogP contribution in [0.25, 0.3) is 11.3 Å². The zero-order valence-electron chi connectivity index (χ0n) is 22.1. The number of rotatable bonds is 5. The monoisotopic (exact) mass is 570 g/mol. The number of fused-ring (bicyclic) bond motifs is 3. The van der Waals surface area contributed by atoms with Gasteiger partial charge in [0.1, 0.15) is 5.82 Å². The highest BCUT2D eigenvalue weighted by molar-refractivity contribution is 6.31.